The zero-order chi connectivity index (χ0) is 23.1. The second-order valence-electron chi connectivity index (χ2n) is 7.72. The molecule has 0 aromatic heterocycles. The lowest BCUT2D eigenvalue weighted by Crippen LogP contribution is -2.45. The maximum Gasteiger partial charge on any atom is 0.252 e. The van der Waals surface area contributed by atoms with Crippen LogP contribution in [0.3, 0.4) is 0 Å². The van der Waals surface area contributed by atoms with Gasteiger partial charge >= 0.3 is 0 Å². The van der Waals surface area contributed by atoms with Gasteiger partial charge in [-0.3, -0.25) is 9.59 Å². The molecule has 1 saturated heterocycles. The molecule has 1 aliphatic heterocycles. The zero-order valence-electron chi connectivity index (χ0n) is 18.0. The van der Waals surface area contributed by atoms with E-state index in [9.17, 15) is 18.0 Å². The Labute approximate surface area is 191 Å². The van der Waals surface area contributed by atoms with Crippen LogP contribution in [0.15, 0.2) is 52.4 Å². The van der Waals surface area contributed by atoms with E-state index in [1.807, 2.05) is 19.9 Å². The molecule has 8 heteroatoms. The van der Waals surface area contributed by atoms with Gasteiger partial charge < -0.3 is 0 Å². The van der Waals surface area contributed by atoms with Gasteiger partial charge in [0.05, 0.1) is 17.0 Å². The Hall–Kier alpha value is -2.29. The van der Waals surface area contributed by atoms with E-state index < -0.39 is 27.9 Å². The van der Waals surface area contributed by atoms with Gasteiger partial charge in [-0.15, -0.1) is 6.58 Å². The summed E-state index contributed by atoms with van der Waals surface area (Å²) in [6.45, 7) is 10.8. The number of hydrogen-bond acceptors (Lipinski definition) is 4. The molecule has 0 spiro atoms. The summed E-state index contributed by atoms with van der Waals surface area (Å²) in [5.41, 5.74) is 3.39. The van der Waals surface area contributed by atoms with Crippen molar-refractivity contribution in [2.24, 2.45) is 0 Å². The van der Waals surface area contributed by atoms with Gasteiger partial charge in [-0.25, -0.2) is 13.3 Å². The van der Waals surface area contributed by atoms with Crippen LogP contribution in [-0.2, 0) is 19.6 Å². The molecule has 6 nitrogen and oxygen atoms in total. The van der Waals surface area contributed by atoms with Crippen LogP contribution in [0.5, 0.6) is 0 Å². The number of carbonyl (C=O) groups excluding carboxylic acids is 2. The van der Waals surface area contributed by atoms with Crippen LogP contribution in [0.2, 0.25) is 0 Å². The van der Waals surface area contributed by atoms with Crippen molar-refractivity contribution in [3.8, 4) is 0 Å². The number of anilines is 1. The number of carbonyl (C=O) groups is 2. The first-order valence-corrected chi connectivity index (χ1v) is 12.1. The van der Waals surface area contributed by atoms with Gasteiger partial charge in [0.25, 0.3) is 5.91 Å². The van der Waals surface area contributed by atoms with Crippen molar-refractivity contribution < 1.29 is 18.0 Å². The minimum atomic E-state index is -4.07. The molecule has 0 saturated carbocycles. The lowest BCUT2D eigenvalue weighted by atomic mass is 10.0. The maximum atomic E-state index is 13.8. The van der Waals surface area contributed by atoms with Crippen molar-refractivity contribution in [2.75, 3.05) is 11.4 Å². The van der Waals surface area contributed by atoms with Crippen LogP contribution in [0.4, 0.5) is 5.69 Å². The molecule has 1 unspecified atom stereocenters. The van der Waals surface area contributed by atoms with E-state index in [2.05, 4.69) is 22.5 Å². The highest BCUT2D eigenvalue weighted by molar-refractivity contribution is 9.10. The van der Waals surface area contributed by atoms with Crippen molar-refractivity contribution in [3.05, 3.63) is 69.7 Å². The van der Waals surface area contributed by atoms with Crippen LogP contribution in [0.25, 0.3) is 0 Å². The summed E-state index contributed by atoms with van der Waals surface area (Å²) in [4.78, 5) is 27.2. The largest absolute Gasteiger partial charge is 0.274 e. The molecule has 0 radical (unpaired) electrons. The topological polar surface area (TPSA) is 74.8 Å². The van der Waals surface area contributed by atoms with E-state index in [4.69, 9.17) is 0 Å². The van der Waals surface area contributed by atoms with Gasteiger partial charge in [-0.1, -0.05) is 28.1 Å². The fourth-order valence-corrected chi connectivity index (χ4v) is 6.30. The molecule has 2 amide bonds. The van der Waals surface area contributed by atoms with E-state index >= 15 is 0 Å². The van der Waals surface area contributed by atoms with Crippen molar-refractivity contribution >= 4 is 43.5 Å². The Kier molecular flexibility index (Phi) is 6.55. The molecular weight excluding hydrogens is 480 g/mol. The van der Waals surface area contributed by atoms with Crippen LogP contribution < -0.4 is 4.90 Å². The minimum absolute atomic E-state index is 0.0773. The van der Waals surface area contributed by atoms with E-state index in [0.717, 1.165) is 24.8 Å². The van der Waals surface area contributed by atoms with Crippen molar-refractivity contribution in [3.63, 3.8) is 0 Å². The van der Waals surface area contributed by atoms with E-state index in [-0.39, 0.29) is 17.9 Å². The molecule has 1 heterocycles. The monoisotopic (exact) mass is 504 g/mol. The normalized spacial score (nSPS) is 17.0. The Balaban J connectivity index is 2.09. The summed E-state index contributed by atoms with van der Waals surface area (Å²) in [5, 5.41) is 0. The van der Waals surface area contributed by atoms with Gasteiger partial charge in [-0.2, -0.15) is 4.31 Å². The Morgan fingerprint density at radius 1 is 1.10 bits per heavy atom. The molecule has 31 heavy (non-hydrogen) atoms. The van der Waals surface area contributed by atoms with Crippen LogP contribution in [0, 0.1) is 27.7 Å². The molecule has 1 atom stereocenters. The smallest absolute Gasteiger partial charge is 0.252 e. The first-order chi connectivity index (χ1) is 14.5. The molecule has 0 N–H and O–H groups in total. The highest BCUT2D eigenvalue weighted by Gasteiger charge is 2.47. The number of aryl methyl sites for hydroxylation is 2. The number of amides is 2. The number of imide groups is 1. The third-order valence-electron chi connectivity index (χ3n) is 5.73. The summed E-state index contributed by atoms with van der Waals surface area (Å²) >= 11 is 3.33. The molecule has 3 rings (SSSR count). The molecule has 1 aliphatic rings. The number of halogens is 1. The molecular formula is C23H25BrN2O4S. The lowest BCUT2D eigenvalue weighted by Gasteiger charge is -2.28. The highest BCUT2D eigenvalue weighted by Crippen LogP contribution is 2.33. The second-order valence-corrected chi connectivity index (χ2v) is 10.5. The number of hydrogen-bond donors (Lipinski definition) is 0. The van der Waals surface area contributed by atoms with Gasteiger partial charge in [0.1, 0.15) is 6.04 Å². The van der Waals surface area contributed by atoms with Crippen molar-refractivity contribution in [2.45, 2.75) is 45.1 Å². The third-order valence-corrected chi connectivity index (χ3v) is 8.41. The summed E-state index contributed by atoms with van der Waals surface area (Å²) in [6, 6.07) is 7.56. The Bertz CT molecular complexity index is 1150. The number of sulfonamides is 1. The van der Waals surface area contributed by atoms with Crippen LogP contribution >= 0.6 is 15.9 Å². The quantitative estimate of drug-likeness (QED) is 0.436. The lowest BCUT2D eigenvalue weighted by molar-refractivity contribution is -0.122. The Morgan fingerprint density at radius 3 is 2.16 bits per heavy atom. The van der Waals surface area contributed by atoms with E-state index in [0.29, 0.717) is 16.8 Å². The first kappa shape index (κ1) is 23.4. The molecule has 2 aromatic rings. The molecule has 1 fully saturated rings. The van der Waals surface area contributed by atoms with E-state index in [1.54, 1.807) is 38.1 Å². The summed E-state index contributed by atoms with van der Waals surface area (Å²) in [7, 11) is -4.07. The predicted octanol–water partition coefficient (Wildman–Crippen LogP) is 4.19. The van der Waals surface area contributed by atoms with Crippen molar-refractivity contribution in [1.82, 2.24) is 4.31 Å². The standard InChI is InChI=1S/C23H25BrN2O4S/c1-6-11-25(31(29,30)22-16(4)14(2)12-15(3)17(22)5)20-13-21(27)26(23(20)28)19-9-7-18(24)8-10-19/h6-10,12,20H,1,11,13H2,2-5H3. The van der Waals surface area contributed by atoms with Gasteiger partial charge in [0, 0.05) is 11.0 Å². The first-order valence-electron chi connectivity index (χ1n) is 9.83. The van der Waals surface area contributed by atoms with Crippen LogP contribution in [0.1, 0.15) is 28.7 Å². The van der Waals surface area contributed by atoms with Crippen molar-refractivity contribution in [1.29, 1.82) is 0 Å². The minimum Gasteiger partial charge on any atom is -0.274 e. The number of benzene rings is 2. The predicted molar refractivity (Wildman–Crippen MR) is 125 cm³/mol. The summed E-state index contributed by atoms with van der Waals surface area (Å²) < 4.78 is 29.5. The molecule has 2 aromatic carbocycles. The number of rotatable bonds is 6. The average molecular weight is 505 g/mol. The SMILES string of the molecule is C=CCN(C1CC(=O)N(c2ccc(Br)cc2)C1=O)S(=O)(=O)c1c(C)c(C)cc(C)c1C. The Morgan fingerprint density at radius 2 is 1.65 bits per heavy atom. The summed E-state index contributed by atoms with van der Waals surface area (Å²) in [5.74, 6) is -0.993. The zero-order valence-corrected chi connectivity index (χ0v) is 20.4. The average Bonchev–Trinajstić information content (AvgIpc) is 2.99. The third kappa shape index (κ3) is 4.12. The molecule has 0 bridgehead atoms. The van der Waals surface area contributed by atoms with Gasteiger partial charge in [0.2, 0.25) is 15.9 Å². The fraction of sp³-hybridized carbons (Fsp3) is 0.304. The summed E-state index contributed by atoms with van der Waals surface area (Å²) in [6.07, 6.45) is 1.22. The fourth-order valence-electron chi connectivity index (χ4n) is 3.91. The van der Waals surface area contributed by atoms with E-state index in [1.165, 1.54) is 6.08 Å². The highest BCUT2D eigenvalue weighted by atomic mass is 79.9. The molecule has 0 aliphatic carbocycles. The second kappa shape index (κ2) is 8.68. The van der Waals surface area contributed by atoms with Gasteiger partial charge in [0.15, 0.2) is 0 Å². The van der Waals surface area contributed by atoms with Crippen LogP contribution in [-0.4, -0.2) is 37.1 Å². The maximum absolute atomic E-state index is 13.8. The number of nitrogens with zero attached hydrogens (tertiary/aromatic N) is 2. The molecule has 164 valence electrons. The van der Waals surface area contributed by atoms with Gasteiger partial charge in [-0.05, 0) is 74.2 Å².